The van der Waals surface area contributed by atoms with E-state index < -0.39 is 0 Å². The van der Waals surface area contributed by atoms with Gasteiger partial charge in [0.2, 0.25) is 0 Å². The van der Waals surface area contributed by atoms with Crippen molar-refractivity contribution in [3.63, 3.8) is 0 Å². The molecule has 4 rings (SSSR count). The fraction of sp³-hybridized carbons (Fsp3) is 0.312. The van der Waals surface area contributed by atoms with Crippen LogP contribution in [0.1, 0.15) is 64.5 Å². The third kappa shape index (κ3) is 4.99. The molecule has 0 unspecified atom stereocenters. The van der Waals surface area contributed by atoms with E-state index in [4.69, 9.17) is 19.5 Å². The van der Waals surface area contributed by atoms with Crippen molar-refractivity contribution in [3.05, 3.63) is 93.3 Å². The second-order valence-electron chi connectivity index (χ2n) is 8.85. The molecule has 186 valence electrons. The van der Waals surface area contributed by atoms with Gasteiger partial charge >= 0.3 is 0 Å². The molecule has 0 bridgehead atoms. The molecule has 2 aliphatic heterocycles. The normalized spacial score (nSPS) is 17.8. The van der Waals surface area contributed by atoms with E-state index >= 15 is 0 Å². The highest BCUT2D eigenvalue weighted by atomic mass is 16.5. The molecular weight excluding hydrogens is 444 g/mol. The molecule has 2 aromatic rings. The lowest BCUT2D eigenvalue weighted by molar-refractivity contribution is 0.414. The zero-order chi connectivity index (χ0) is 25.7. The van der Waals surface area contributed by atoms with Gasteiger partial charge in [-0.3, -0.25) is 0 Å². The van der Waals surface area contributed by atoms with Gasteiger partial charge in [0.15, 0.2) is 0 Å². The van der Waals surface area contributed by atoms with Gasteiger partial charge < -0.3 is 9.47 Å². The highest BCUT2D eigenvalue weighted by Gasteiger charge is 2.31. The second-order valence-corrected chi connectivity index (χ2v) is 8.85. The number of ether oxygens (including phenoxy) is 2. The zero-order valence-electron chi connectivity index (χ0n) is 22.3. The van der Waals surface area contributed by atoms with Crippen LogP contribution < -0.4 is 9.47 Å². The lowest BCUT2D eigenvalue weighted by Gasteiger charge is -2.10. The van der Waals surface area contributed by atoms with Gasteiger partial charge in [0.1, 0.15) is 11.5 Å². The average Bonchev–Trinajstić information content (AvgIpc) is 3.45. The van der Waals surface area contributed by atoms with Gasteiger partial charge in [0, 0.05) is 0 Å². The molecule has 0 saturated carbocycles. The van der Waals surface area contributed by atoms with Crippen LogP contribution in [0.2, 0.25) is 0 Å². The Kier molecular flexibility index (Phi) is 8.04. The first-order valence-corrected chi connectivity index (χ1v) is 12.9. The number of rotatable bonds is 9. The first-order chi connectivity index (χ1) is 17.6. The van der Waals surface area contributed by atoms with Crippen LogP contribution in [0.4, 0.5) is 0 Å². The Bertz CT molecular complexity index is 1200. The monoisotopic (exact) mass is 480 g/mol. The minimum Gasteiger partial charge on any atom is -0.497 e. The van der Waals surface area contributed by atoms with E-state index in [1.54, 1.807) is 14.2 Å². The predicted octanol–water partition coefficient (Wildman–Crippen LogP) is 8.23. The van der Waals surface area contributed by atoms with Crippen molar-refractivity contribution < 1.29 is 9.47 Å². The largest absolute Gasteiger partial charge is 0.497 e. The molecule has 0 atom stereocenters. The minimum atomic E-state index is 0.856. The highest BCUT2D eigenvalue weighted by molar-refractivity contribution is 6.55. The number of methoxy groups -OCH3 is 2. The van der Waals surface area contributed by atoms with E-state index in [0.29, 0.717) is 0 Å². The fourth-order valence-corrected chi connectivity index (χ4v) is 5.00. The van der Waals surface area contributed by atoms with Gasteiger partial charge in [-0.25, -0.2) is 9.98 Å². The molecule has 0 N–H and O–H groups in total. The van der Waals surface area contributed by atoms with Crippen LogP contribution in [-0.2, 0) is 0 Å². The Hall–Kier alpha value is -3.66. The minimum absolute atomic E-state index is 0.856. The summed E-state index contributed by atoms with van der Waals surface area (Å²) in [4.78, 5) is 10.4. The number of benzene rings is 2. The first-order valence-electron chi connectivity index (χ1n) is 12.9. The Morgan fingerprint density at radius 1 is 0.528 bits per heavy atom. The van der Waals surface area contributed by atoms with Crippen LogP contribution in [0.25, 0.3) is 12.2 Å². The van der Waals surface area contributed by atoms with Gasteiger partial charge in [-0.1, -0.05) is 52.0 Å². The molecule has 36 heavy (non-hydrogen) atoms. The maximum Gasteiger partial charge on any atom is 0.118 e. The van der Waals surface area contributed by atoms with Gasteiger partial charge in [0.25, 0.3) is 0 Å². The van der Waals surface area contributed by atoms with E-state index in [2.05, 4.69) is 64.1 Å². The van der Waals surface area contributed by atoms with Crippen molar-refractivity contribution in [2.24, 2.45) is 9.98 Å². The van der Waals surface area contributed by atoms with E-state index in [1.807, 2.05) is 24.3 Å². The Morgan fingerprint density at radius 3 is 1.14 bits per heavy atom. The zero-order valence-corrected chi connectivity index (χ0v) is 22.3. The second kappa shape index (κ2) is 11.4. The summed E-state index contributed by atoms with van der Waals surface area (Å²) in [6.07, 6.45) is 8.09. The number of hydrogen-bond donors (Lipinski definition) is 0. The Morgan fingerprint density at radius 2 is 0.861 bits per heavy atom. The van der Waals surface area contributed by atoms with E-state index in [-0.39, 0.29) is 0 Å². The van der Waals surface area contributed by atoms with Crippen molar-refractivity contribution in [2.45, 2.75) is 53.4 Å². The van der Waals surface area contributed by atoms with Crippen LogP contribution in [0.5, 0.6) is 11.5 Å². The molecular formula is C32H36N2O2. The predicted molar refractivity (Wildman–Crippen MR) is 152 cm³/mol. The molecule has 0 aromatic heterocycles. The maximum atomic E-state index is 5.32. The van der Waals surface area contributed by atoms with Crippen molar-refractivity contribution in [1.82, 2.24) is 0 Å². The third-order valence-corrected chi connectivity index (χ3v) is 6.86. The summed E-state index contributed by atoms with van der Waals surface area (Å²) < 4.78 is 10.6. The lowest BCUT2D eigenvalue weighted by atomic mass is 9.91. The summed E-state index contributed by atoms with van der Waals surface area (Å²) in [5, 5.41) is 0. The summed E-state index contributed by atoms with van der Waals surface area (Å²) in [5.41, 5.74) is 11.6. The molecule has 0 radical (unpaired) electrons. The first kappa shape index (κ1) is 25.4. The molecule has 0 spiro atoms. The molecule has 0 fully saturated rings. The topological polar surface area (TPSA) is 43.2 Å². The van der Waals surface area contributed by atoms with Crippen LogP contribution >= 0.6 is 0 Å². The summed E-state index contributed by atoms with van der Waals surface area (Å²) in [7, 11) is 3.38. The molecule has 2 heterocycles. The highest BCUT2D eigenvalue weighted by Crippen LogP contribution is 2.38. The molecule has 2 aliphatic rings. The molecule has 0 saturated heterocycles. The molecule has 2 aromatic carbocycles. The van der Waals surface area contributed by atoms with Gasteiger partial charge in [0.05, 0.1) is 37.0 Å². The maximum absolute atomic E-state index is 5.32. The van der Waals surface area contributed by atoms with Crippen LogP contribution in [0.15, 0.2) is 92.2 Å². The van der Waals surface area contributed by atoms with Gasteiger partial charge in [-0.15, -0.1) is 0 Å². The molecule has 0 amide bonds. The number of allylic oxidation sites excluding steroid dienone is 4. The number of nitrogens with zero attached hydrogens (tertiary/aromatic N) is 2. The molecule has 0 aliphatic carbocycles. The summed E-state index contributed by atoms with van der Waals surface area (Å²) in [6, 6.07) is 16.3. The van der Waals surface area contributed by atoms with Crippen molar-refractivity contribution in [3.8, 4) is 11.5 Å². The standard InChI is InChI=1S/C32H36N2O2/c1-7-25-27(9-3)31(33-29(25)19-21-11-15-23(35-5)16-12-21)32-28(10-4)26(8-2)30(34-32)20-22-13-17-24(36-6)18-14-22/h11-20H,7-10H2,1-6H3/b29-19-,30-20-. The Balaban J connectivity index is 1.80. The quantitative estimate of drug-likeness (QED) is 0.363. The van der Waals surface area contributed by atoms with E-state index in [9.17, 15) is 0 Å². The lowest BCUT2D eigenvalue weighted by Crippen LogP contribution is -2.16. The Labute approximate surface area is 215 Å². The third-order valence-electron chi connectivity index (χ3n) is 6.86. The summed E-state index contributed by atoms with van der Waals surface area (Å²) >= 11 is 0. The van der Waals surface area contributed by atoms with Crippen molar-refractivity contribution in [1.29, 1.82) is 0 Å². The number of aliphatic imine (C=N–C) groups is 2. The van der Waals surface area contributed by atoms with Gasteiger partial charge in [-0.2, -0.15) is 0 Å². The fourth-order valence-electron chi connectivity index (χ4n) is 5.00. The van der Waals surface area contributed by atoms with Gasteiger partial charge in [-0.05, 0) is 95.5 Å². The van der Waals surface area contributed by atoms with Crippen LogP contribution in [0.3, 0.4) is 0 Å². The smallest absolute Gasteiger partial charge is 0.118 e. The van der Waals surface area contributed by atoms with Crippen LogP contribution in [0, 0.1) is 0 Å². The van der Waals surface area contributed by atoms with Crippen LogP contribution in [-0.4, -0.2) is 25.6 Å². The molecule has 4 nitrogen and oxygen atoms in total. The average molecular weight is 481 g/mol. The van der Waals surface area contributed by atoms with E-state index in [1.165, 1.54) is 22.3 Å². The SMILES string of the molecule is CCC1=C(CC)/C(=C/c2ccc(OC)cc2)N=C1C1=N/C(=C\c2ccc(OC)cc2)C(CC)=C1CC. The summed E-state index contributed by atoms with van der Waals surface area (Å²) in [5.74, 6) is 1.71. The van der Waals surface area contributed by atoms with Crippen molar-refractivity contribution >= 4 is 23.6 Å². The van der Waals surface area contributed by atoms with Crippen molar-refractivity contribution in [2.75, 3.05) is 14.2 Å². The molecule has 4 heteroatoms. The van der Waals surface area contributed by atoms with E-state index in [0.717, 1.165) is 71.1 Å². The number of hydrogen-bond acceptors (Lipinski definition) is 4. The summed E-state index contributed by atoms with van der Waals surface area (Å²) in [6.45, 7) is 8.86.